The lowest BCUT2D eigenvalue weighted by Gasteiger charge is -2.11. The number of methoxy groups -OCH3 is 2. The van der Waals surface area contributed by atoms with E-state index in [0.717, 1.165) is 24.3 Å². The first-order chi connectivity index (χ1) is 16.2. The molecule has 1 aromatic heterocycles. The summed E-state index contributed by atoms with van der Waals surface area (Å²) in [5, 5.41) is 3.02. The van der Waals surface area contributed by atoms with E-state index in [-0.39, 0.29) is 5.91 Å². The second kappa shape index (κ2) is 12.9. The number of hydrogen-bond donors (Lipinski definition) is 1. The lowest BCUT2D eigenvalue weighted by Crippen LogP contribution is -2.26. The van der Waals surface area contributed by atoms with Crippen LogP contribution < -0.4 is 14.8 Å². The average molecular weight is 452 g/mol. The van der Waals surface area contributed by atoms with Crippen LogP contribution in [-0.4, -0.2) is 36.2 Å². The lowest BCUT2D eigenvalue weighted by molar-refractivity contribution is 0.0953. The van der Waals surface area contributed by atoms with Crippen molar-refractivity contribution in [3.05, 3.63) is 53.9 Å². The Morgan fingerprint density at radius 3 is 2.42 bits per heavy atom. The van der Waals surface area contributed by atoms with Crippen LogP contribution >= 0.6 is 0 Å². The minimum atomic E-state index is -0.134. The Bertz CT molecular complexity index is 1030. The molecular formula is C27H37N3O3. The lowest BCUT2D eigenvalue weighted by atomic mass is 10.1. The number of benzene rings is 2. The summed E-state index contributed by atoms with van der Waals surface area (Å²) >= 11 is 0. The molecule has 0 fully saturated rings. The van der Waals surface area contributed by atoms with Crippen molar-refractivity contribution < 1.29 is 14.3 Å². The van der Waals surface area contributed by atoms with E-state index in [1.807, 2.05) is 6.07 Å². The molecule has 6 heteroatoms. The van der Waals surface area contributed by atoms with Crippen LogP contribution in [0.4, 0.5) is 0 Å². The van der Waals surface area contributed by atoms with Crippen molar-refractivity contribution in [1.82, 2.24) is 14.9 Å². The van der Waals surface area contributed by atoms with E-state index in [1.54, 1.807) is 32.4 Å². The first kappa shape index (κ1) is 24.6. The summed E-state index contributed by atoms with van der Waals surface area (Å²) in [5.41, 5.74) is 2.73. The van der Waals surface area contributed by atoms with Gasteiger partial charge in [0.2, 0.25) is 0 Å². The fraction of sp³-hybridized carbons (Fsp3) is 0.481. The number of amides is 1. The van der Waals surface area contributed by atoms with Gasteiger partial charge in [-0.1, -0.05) is 57.6 Å². The van der Waals surface area contributed by atoms with Gasteiger partial charge in [-0.2, -0.15) is 0 Å². The molecule has 0 saturated carbocycles. The van der Waals surface area contributed by atoms with Crippen LogP contribution in [0.25, 0.3) is 11.0 Å². The molecule has 0 atom stereocenters. The monoisotopic (exact) mass is 451 g/mol. The van der Waals surface area contributed by atoms with E-state index in [4.69, 9.17) is 14.5 Å². The van der Waals surface area contributed by atoms with Crippen molar-refractivity contribution in [2.24, 2.45) is 0 Å². The van der Waals surface area contributed by atoms with Gasteiger partial charge in [-0.15, -0.1) is 0 Å². The number of carbonyl (C=O) groups is 1. The second-order valence-corrected chi connectivity index (χ2v) is 8.37. The summed E-state index contributed by atoms with van der Waals surface area (Å²) in [6, 6.07) is 13.5. The van der Waals surface area contributed by atoms with E-state index in [1.165, 1.54) is 44.0 Å². The fourth-order valence-electron chi connectivity index (χ4n) is 4.16. The van der Waals surface area contributed by atoms with E-state index < -0.39 is 0 Å². The van der Waals surface area contributed by atoms with Gasteiger partial charge in [-0.05, 0) is 36.8 Å². The second-order valence-electron chi connectivity index (χ2n) is 8.37. The number of aryl methyl sites for hydroxylation is 1. The zero-order valence-electron chi connectivity index (χ0n) is 20.2. The minimum Gasteiger partial charge on any atom is -0.493 e. The SMILES string of the molecule is CCCCCCCCCn1c(CCNC(=O)c2ccc(OC)c(OC)c2)nc2ccccc21. The van der Waals surface area contributed by atoms with Crippen molar-refractivity contribution in [3.8, 4) is 11.5 Å². The van der Waals surface area contributed by atoms with Gasteiger partial charge in [0, 0.05) is 25.1 Å². The minimum absolute atomic E-state index is 0.134. The smallest absolute Gasteiger partial charge is 0.251 e. The first-order valence-electron chi connectivity index (χ1n) is 12.1. The van der Waals surface area contributed by atoms with Crippen LogP contribution in [0, 0.1) is 0 Å². The van der Waals surface area contributed by atoms with Crippen LogP contribution in [0.15, 0.2) is 42.5 Å². The van der Waals surface area contributed by atoms with E-state index in [2.05, 4.69) is 35.0 Å². The molecule has 0 aliphatic heterocycles. The van der Waals surface area contributed by atoms with Gasteiger partial charge in [-0.25, -0.2) is 4.98 Å². The maximum absolute atomic E-state index is 12.6. The van der Waals surface area contributed by atoms with Gasteiger partial charge in [0.25, 0.3) is 5.91 Å². The number of nitrogens with one attached hydrogen (secondary N) is 1. The number of rotatable bonds is 14. The maximum Gasteiger partial charge on any atom is 0.251 e. The summed E-state index contributed by atoms with van der Waals surface area (Å²) < 4.78 is 12.9. The number of imidazole rings is 1. The van der Waals surface area contributed by atoms with E-state index >= 15 is 0 Å². The van der Waals surface area contributed by atoms with Crippen molar-refractivity contribution in [1.29, 1.82) is 0 Å². The molecule has 3 aromatic rings. The van der Waals surface area contributed by atoms with Crippen molar-refractivity contribution in [3.63, 3.8) is 0 Å². The molecule has 178 valence electrons. The Hall–Kier alpha value is -3.02. The highest BCUT2D eigenvalue weighted by Gasteiger charge is 2.13. The molecule has 0 unspecified atom stereocenters. The molecule has 0 bridgehead atoms. The maximum atomic E-state index is 12.6. The molecule has 0 radical (unpaired) electrons. The summed E-state index contributed by atoms with van der Waals surface area (Å²) in [6.07, 6.45) is 9.66. The van der Waals surface area contributed by atoms with Gasteiger partial charge in [0.05, 0.1) is 25.3 Å². The molecule has 6 nitrogen and oxygen atoms in total. The molecule has 0 spiro atoms. The van der Waals surface area contributed by atoms with Crippen molar-refractivity contribution in [2.75, 3.05) is 20.8 Å². The Kier molecular flexibility index (Phi) is 9.60. The Balaban J connectivity index is 1.58. The number of ether oxygens (including phenoxy) is 2. The number of para-hydroxylation sites is 2. The largest absolute Gasteiger partial charge is 0.493 e. The Morgan fingerprint density at radius 2 is 1.67 bits per heavy atom. The standard InChI is InChI=1S/C27H37N3O3/c1-4-5-6-7-8-9-12-19-30-23-14-11-10-13-22(23)29-26(30)17-18-28-27(31)21-15-16-24(32-2)25(20-21)33-3/h10-11,13-16,20H,4-9,12,17-19H2,1-3H3,(H,28,31). The first-order valence-corrected chi connectivity index (χ1v) is 12.1. The van der Waals surface area contributed by atoms with Crippen LogP contribution in [0.1, 0.15) is 68.1 Å². The molecule has 0 aliphatic rings. The number of unbranched alkanes of at least 4 members (excludes halogenated alkanes) is 6. The number of carbonyl (C=O) groups excluding carboxylic acids is 1. The Labute approximate surface area is 197 Å². The number of fused-ring (bicyclic) bond motifs is 1. The summed E-state index contributed by atoms with van der Waals surface area (Å²) in [5.74, 6) is 2.04. The predicted molar refractivity (Wildman–Crippen MR) is 133 cm³/mol. The predicted octanol–water partition coefficient (Wildman–Crippen LogP) is 5.78. The highest BCUT2D eigenvalue weighted by molar-refractivity contribution is 5.94. The molecular weight excluding hydrogens is 414 g/mol. The third kappa shape index (κ3) is 6.73. The molecule has 0 saturated heterocycles. The normalized spacial score (nSPS) is 11.0. The molecule has 33 heavy (non-hydrogen) atoms. The van der Waals surface area contributed by atoms with Gasteiger partial charge < -0.3 is 19.4 Å². The van der Waals surface area contributed by atoms with Gasteiger partial charge in [0.1, 0.15) is 5.82 Å². The van der Waals surface area contributed by atoms with Crippen molar-refractivity contribution >= 4 is 16.9 Å². The molecule has 1 amide bonds. The summed E-state index contributed by atoms with van der Waals surface area (Å²) in [6.45, 7) is 3.74. The van der Waals surface area contributed by atoms with Gasteiger partial charge in [0.15, 0.2) is 11.5 Å². The number of nitrogens with zero attached hydrogens (tertiary/aromatic N) is 2. The van der Waals surface area contributed by atoms with Crippen LogP contribution in [-0.2, 0) is 13.0 Å². The molecule has 1 heterocycles. The summed E-state index contributed by atoms with van der Waals surface area (Å²) in [4.78, 5) is 17.5. The van der Waals surface area contributed by atoms with Crippen LogP contribution in [0.3, 0.4) is 0 Å². The Morgan fingerprint density at radius 1 is 0.939 bits per heavy atom. The third-order valence-corrected chi connectivity index (χ3v) is 6.00. The number of aromatic nitrogens is 2. The quantitative estimate of drug-likeness (QED) is 0.316. The van der Waals surface area contributed by atoms with Crippen molar-refractivity contribution in [2.45, 2.75) is 64.8 Å². The van der Waals surface area contributed by atoms with E-state index in [9.17, 15) is 4.79 Å². The topological polar surface area (TPSA) is 65.4 Å². The van der Waals surface area contributed by atoms with Gasteiger partial charge in [-0.3, -0.25) is 4.79 Å². The van der Waals surface area contributed by atoms with Crippen LogP contribution in [0.2, 0.25) is 0 Å². The number of hydrogen-bond acceptors (Lipinski definition) is 4. The highest BCUT2D eigenvalue weighted by Crippen LogP contribution is 2.27. The average Bonchev–Trinajstić information content (AvgIpc) is 3.20. The van der Waals surface area contributed by atoms with Crippen LogP contribution in [0.5, 0.6) is 11.5 Å². The zero-order valence-corrected chi connectivity index (χ0v) is 20.2. The molecule has 2 aromatic carbocycles. The zero-order chi connectivity index (χ0) is 23.5. The molecule has 1 N–H and O–H groups in total. The fourth-order valence-corrected chi connectivity index (χ4v) is 4.16. The third-order valence-electron chi connectivity index (χ3n) is 6.00. The van der Waals surface area contributed by atoms with Gasteiger partial charge >= 0.3 is 0 Å². The van der Waals surface area contributed by atoms with E-state index in [0.29, 0.717) is 30.0 Å². The highest BCUT2D eigenvalue weighted by atomic mass is 16.5. The summed E-state index contributed by atoms with van der Waals surface area (Å²) in [7, 11) is 3.14. The molecule has 3 rings (SSSR count). The molecule has 0 aliphatic carbocycles.